The standard InChI is InChI=1S/C7H5Cl3O2/c8-3-1-2-4(9)6(10)5(3)7(11)12/h1-2H2,(H,11,12). The Hall–Kier alpha value is -0.180. The van der Waals surface area contributed by atoms with E-state index < -0.39 is 5.97 Å². The van der Waals surface area contributed by atoms with Gasteiger partial charge in [0.15, 0.2) is 0 Å². The van der Waals surface area contributed by atoms with E-state index in [4.69, 9.17) is 39.9 Å². The first-order valence-electron chi connectivity index (χ1n) is 3.20. The maximum Gasteiger partial charge on any atom is 0.338 e. The molecule has 0 spiro atoms. The summed E-state index contributed by atoms with van der Waals surface area (Å²) in [5.74, 6) is -1.14. The summed E-state index contributed by atoms with van der Waals surface area (Å²) < 4.78 is 0. The molecule has 0 saturated carbocycles. The van der Waals surface area contributed by atoms with Gasteiger partial charge in [-0.15, -0.1) is 0 Å². The molecule has 0 bridgehead atoms. The van der Waals surface area contributed by atoms with Gasteiger partial charge in [-0.3, -0.25) is 0 Å². The lowest BCUT2D eigenvalue weighted by Gasteiger charge is -2.12. The normalized spacial score (nSPS) is 18.6. The zero-order chi connectivity index (χ0) is 9.30. The van der Waals surface area contributed by atoms with E-state index in [1.165, 1.54) is 0 Å². The van der Waals surface area contributed by atoms with Crippen molar-refractivity contribution in [2.45, 2.75) is 12.8 Å². The van der Waals surface area contributed by atoms with Crippen LogP contribution in [0.3, 0.4) is 0 Å². The van der Waals surface area contributed by atoms with Crippen molar-refractivity contribution in [3.05, 3.63) is 20.7 Å². The molecule has 1 aliphatic carbocycles. The van der Waals surface area contributed by atoms with Gasteiger partial charge in [-0.1, -0.05) is 34.8 Å². The summed E-state index contributed by atoms with van der Waals surface area (Å²) in [6, 6.07) is 0. The quantitative estimate of drug-likeness (QED) is 0.747. The molecule has 0 aromatic rings. The van der Waals surface area contributed by atoms with Gasteiger partial charge in [0.1, 0.15) is 0 Å². The Kier molecular flexibility index (Phi) is 3.04. The molecule has 0 unspecified atom stereocenters. The van der Waals surface area contributed by atoms with E-state index >= 15 is 0 Å². The van der Waals surface area contributed by atoms with Gasteiger partial charge in [0.05, 0.1) is 10.6 Å². The van der Waals surface area contributed by atoms with Crippen molar-refractivity contribution >= 4 is 40.8 Å². The minimum absolute atomic E-state index is 0.0559. The number of hydrogen-bond donors (Lipinski definition) is 1. The second-order valence-corrected chi connectivity index (χ2v) is 3.59. The lowest BCUT2D eigenvalue weighted by Crippen LogP contribution is -2.07. The number of hydrogen-bond acceptors (Lipinski definition) is 1. The summed E-state index contributed by atoms with van der Waals surface area (Å²) in [5, 5.41) is 9.35. The van der Waals surface area contributed by atoms with E-state index in [1.54, 1.807) is 0 Å². The van der Waals surface area contributed by atoms with Crippen LogP contribution in [0.25, 0.3) is 0 Å². The SMILES string of the molecule is O=C(O)C1=C(Cl)CCC(Cl)=C1Cl. The fourth-order valence-electron chi connectivity index (χ4n) is 0.919. The Labute approximate surface area is 84.4 Å². The first-order chi connectivity index (χ1) is 5.54. The van der Waals surface area contributed by atoms with Crippen LogP contribution in [-0.2, 0) is 4.79 Å². The molecule has 66 valence electrons. The zero-order valence-electron chi connectivity index (χ0n) is 5.90. The average molecular weight is 227 g/mol. The number of allylic oxidation sites excluding steroid dienone is 2. The number of carbonyl (C=O) groups is 1. The van der Waals surface area contributed by atoms with Crippen molar-refractivity contribution in [1.82, 2.24) is 0 Å². The van der Waals surface area contributed by atoms with Crippen LogP contribution >= 0.6 is 34.8 Å². The number of carboxylic acids is 1. The molecule has 0 aliphatic heterocycles. The molecule has 2 nitrogen and oxygen atoms in total. The van der Waals surface area contributed by atoms with Gasteiger partial charge in [-0.2, -0.15) is 0 Å². The molecule has 1 rings (SSSR count). The van der Waals surface area contributed by atoms with Crippen molar-refractivity contribution in [3.8, 4) is 0 Å². The summed E-state index contributed by atoms with van der Waals surface area (Å²) in [6.45, 7) is 0. The van der Waals surface area contributed by atoms with Crippen molar-refractivity contribution in [2.24, 2.45) is 0 Å². The van der Waals surface area contributed by atoms with E-state index in [1.807, 2.05) is 0 Å². The third kappa shape index (κ3) is 1.76. The summed E-state index contributed by atoms with van der Waals surface area (Å²) in [4.78, 5) is 10.6. The second kappa shape index (κ2) is 3.69. The van der Waals surface area contributed by atoms with Crippen molar-refractivity contribution in [1.29, 1.82) is 0 Å². The molecule has 0 atom stereocenters. The highest BCUT2D eigenvalue weighted by atomic mass is 35.5. The van der Waals surface area contributed by atoms with Crippen molar-refractivity contribution < 1.29 is 9.90 Å². The van der Waals surface area contributed by atoms with Crippen LogP contribution in [0.4, 0.5) is 0 Å². The molecule has 0 heterocycles. The Morgan fingerprint density at radius 3 is 2.08 bits per heavy atom. The maximum atomic E-state index is 10.6. The minimum Gasteiger partial charge on any atom is -0.478 e. The Morgan fingerprint density at radius 2 is 1.67 bits per heavy atom. The number of rotatable bonds is 1. The van der Waals surface area contributed by atoms with E-state index in [-0.39, 0.29) is 15.6 Å². The van der Waals surface area contributed by atoms with Crippen LogP contribution in [0, 0.1) is 0 Å². The zero-order valence-corrected chi connectivity index (χ0v) is 8.17. The molecule has 0 radical (unpaired) electrons. The van der Waals surface area contributed by atoms with Crippen molar-refractivity contribution in [3.63, 3.8) is 0 Å². The third-order valence-electron chi connectivity index (χ3n) is 1.51. The second-order valence-electron chi connectivity index (χ2n) is 2.30. The summed E-state index contributed by atoms with van der Waals surface area (Å²) in [5.41, 5.74) is -0.0745. The highest BCUT2D eigenvalue weighted by Gasteiger charge is 2.23. The highest BCUT2D eigenvalue weighted by Crippen LogP contribution is 2.36. The topological polar surface area (TPSA) is 37.3 Å². The van der Waals surface area contributed by atoms with Gasteiger partial charge in [-0.25, -0.2) is 4.79 Å². The lowest BCUT2D eigenvalue weighted by atomic mass is 10.1. The van der Waals surface area contributed by atoms with Gasteiger partial charge >= 0.3 is 5.97 Å². The fourth-order valence-corrected chi connectivity index (χ4v) is 1.72. The van der Waals surface area contributed by atoms with E-state index in [0.717, 1.165) is 0 Å². The molecular formula is C7H5Cl3O2. The molecule has 0 saturated heterocycles. The van der Waals surface area contributed by atoms with Gasteiger partial charge in [0.25, 0.3) is 0 Å². The van der Waals surface area contributed by atoms with E-state index in [0.29, 0.717) is 17.9 Å². The van der Waals surface area contributed by atoms with Gasteiger partial charge < -0.3 is 5.11 Å². The summed E-state index contributed by atoms with van der Waals surface area (Å²) in [7, 11) is 0. The van der Waals surface area contributed by atoms with Crippen LogP contribution < -0.4 is 0 Å². The average Bonchev–Trinajstić information content (AvgIpc) is 1.97. The third-order valence-corrected chi connectivity index (χ3v) is 2.78. The molecular weight excluding hydrogens is 222 g/mol. The van der Waals surface area contributed by atoms with Crippen molar-refractivity contribution in [2.75, 3.05) is 0 Å². The maximum absolute atomic E-state index is 10.6. The predicted molar refractivity (Wildman–Crippen MR) is 48.5 cm³/mol. The minimum atomic E-state index is -1.14. The first kappa shape index (κ1) is 9.90. The number of aliphatic carboxylic acids is 1. The van der Waals surface area contributed by atoms with Gasteiger partial charge in [-0.05, 0) is 12.8 Å². The van der Waals surface area contributed by atoms with Crippen LogP contribution in [0.5, 0.6) is 0 Å². The molecule has 1 aliphatic rings. The first-order valence-corrected chi connectivity index (χ1v) is 4.34. The summed E-state index contributed by atoms with van der Waals surface area (Å²) >= 11 is 17.0. The van der Waals surface area contributed by atoms with Gasteiger partial charge in [0, 0.05) is 10.1 Å². The molecule has 1 N–H and O–H groups in total. The fraction of sp³-hybridized carbons (Fsp3) is 0.286. The Balaban J connectivity index is 3.16. The van der Waals surface area contributed by atoms with Crippen LogP contribution in [0.1, 0.15) is 12.8 Å². The van der Waals surface area contributed by atoms with Crippen LogP contribution in [0.15, 0.2) is 20.7 Å². The molecule has 0 aromatic carbocycles. The molecule has 5 heteroatoms. The molecule has 0 fully saturated rings. The number of halogens is 3. The molecule has 0 amide bonds. The summed E-state index contributed by atoms with van der Waals surface area (Å²) in [6.07, 6.45) is 0.953. The largest absolute Gasteiger partial charge is 0.478 e. The molecule has 0 aromatic heterocycles. The monoisotopic (exact) mass is 226 g/mol. The van der Waals surface area contributed by atoms with E-state index in [2.05, 4.69) is 0 Å². The Bertz CT molecular complexity index is 291. The number of carboxylic acid groups (broad SMARTS) is 1. The smallest absolute Gasteiger partial charge is 0.338 e. The predicted octanol–water partition coefficient (Wildman–Crippen LogP) is 3.05. The lowest BCUT2D eigenvalue weighted by molar-refractivity contribution is -0.132. The molecule has 12 heavy (non-hydrogen) atoms. The van der Waals surface area contributed by atoms with Gasteiger partial charge in [0.2, 0.25) is 0 Å². The Morgan fingerprint density at radius 1 is 1.17 bits per heavy atom. The van der Waals surface area contributed by atoms with E-state index in [9.17, 15) is 4.79 Å². The van der Waals surface area contributed by atoms with Crippen LogP contribution in [-0.4, -0.2) is 11.1 Å². The highest BCUT2D eigenvalue weighted by molar-refractivity contribution is 6.45. The van der Waals surface area contributed by atoms with Crippen LogP contribution in [0.2, 0.25) is 0 Å².